The normalized spacial score (nSPS) is 13.9. The number of carbonyl (C=O) groups excluding carboxylic acids is 1. The van der Waals surface area contributed by atoms with Crippen LogP contribution in [0.5, 0.6) is 0 Å². The minimum atomic E-state index is 0.767. The summed E-state index contributed by atoms with van der Waals surface area (Å²) in [5.74, 6) is 0. The van der Waals surface area contributed by atoms with Crippen molar-refractivity contribution in [1.82, 2.24) is 0 Å². The van der Waals surface area contributed by atoms with Crippen LogP contribution in [0, 0.1) is 0 Å². The molecule has 3 rings (SSSR count). The first-order valence-corrected chi connectivity index (χ1v) is 7.43. The second-order valence-corrected chi connectivity index (χ2v) is 5.56. The van der Waals surface area contributed by atoms with Crippen LogP contribution >= 0.6 is 11.3 Å². The zero-order valence-corrected chi connectivity index (χ0v) is 11.8. The van der Waals surface area contributed by atoms with Crippen LogP contribution in [0.15, 0.2) is 66.1 Å². The summed E-state index contributed by atoms with van der Waals surface area (Å²) in [6.07, 6.45) is 12.6. The summed E-state index contributed by atoms with van der Waals surface area (Å²) < 4.78 is 0. The number of rotatable bonds is 3. The Kier molecular flexibility index (Phi) is 3.75. The molecule has 0 saturated heterocycles. The van der Waals surface area contributed by atoms with E-state index < -0.39 is 0 Å². The molecule has 0 unspecified atom stereocenters. The van der Waals surface area contributed by atoms with Crippen molar-refractivity contribution in [3.05, 3.63) is 76.5 Å². The van der Waals surface area contributed by atoms with Gasteiger partial charge in [-0.1, -0.05) is 54.6 Å². The van der Waals surface area contributed by atoms with Gasteiger partial charge >= 0.3 is 0 Å². The maximum Gasteiger partial charge on any atom is 0.160 e. The van der Waals surface area contributed by atoms with E-state index in [4.69, 9.17) is 0 Å². The quantitative estimate of drug-likeness (QED) is 0.711. The molecule has 20 heavy (non-hydrogen) atoms. The second-order valence-electron chi connectivity index (χ2n) is 4.62. The fraction of sp³-hybridized carbons (Fsp3) is 0.0556. The number of hydrogen-bond donors (Lipinski definition) is 0. The molecule has 0 bridgehead atoms. The molecule has 1 heterocycles. The van der Waals surface area contributed by atoms with Gasteiger partial charge in [0.1, 0.15) is 0 Å². The Morgan fingerprint density at radius 3 is 2.55 bits per heavy atom. The zero-order valence-electron chi connectivity index (χ0n) is 11.0. The van der Waals surface area contributed by atoms with E-state index in [1.807, 2.05) is 11.4 Å². The van der Waals surface area contributed by atoms with Crippen LogP contribution in [0.25, 0.3) is 16.7 Å². The molecular formula is C18H14OS. The van der Waals surface area contributed by atoms with Crippen molar-refractivity contribution in [2.45, 2.75) is 6.42 Å². The Morgan fingerprint density at radius 2 is 1.80 bits per heavy atom. The van der Waals surface area contributed by atoms with Crippen LogP contribution in [-0.2, 0) is 0 Å². The first-order valence-electron chi connectivity index (χ1n) is 6.55. The smallest absolute Gasteiger partial charge is 0.160 e. The lowest BCUT2D eigenvalue weighted by atomic mass is 10.0. The van der Waals surface area contributed by atoms with E-state index in [0.717, 1.165) is 28.7 Å². The van der Waals surface area contributed by atoms with E-state index in [2.05, 4.69) is 54.6 Å². The molecule has 0 fully saturated rings. The van der Waals surface area contributed by atoms with Crippen molar-refractivity contribution in [3.63, 3.8) is 0 Å². The van der Waals surface area contributed by atoms with Crippen molar-refractivity contribution in [2.75, 3.05) is 0 Å². The summed E-state index contributed by atoms with van der Waals surface area (Å²) in [6.45, 7) is 0. The average Bonchev–Trinajstić information content (AvgIpc) is 2.82. The molecule has 2 heteroatoms. The van der Waals surface area contributed by atoms with Crippen molar-refractivity contribution in [2.24, 2.45) is 0 Å². The van der Waals surface area contributed by atoms with Crippen LogP contribution in [0.3, 0.4) is 0 Å². The molecule has 98 valence electrons. The summed E-state index contributed by atoms with van der Waals surface area (Å²) >= 11 is 1.48. The molecule has 0 saturated carbocycles. The lowest BCUT2D eigenvalue weighted by Crippen LogP contribution is -1.81. The Morgan fingerprint density at radius 1 is 1.00 bits per heavy atom. The molecule has 0 radical (unpaired) electrons. The van der Waals surface area contributed by atoms with Crippen LogP contribution in [0.1, 0.15) is 21.7 Å². The highest BCUT2D eigenvalue weighted by Gasteiger charge is 2.03. The third kappa shape index (κ3) is 2.70. The SMILES string of the molecule is O=Cc1cc(-c2ccc(C3=CC=CCC=C3)cc2)cs1. The molecule has 0 atom stereocenters. The average molecular weight is 278 g/mol. The van der Waals surface area contributed by atoms with Gasteiger partial charge in [0.15, 0.2) is 6.29 Å². The molecule has 1 aromatic heterocycles. The Balaban J connectivity index is 1.89. The van der Waals surface area contributed by atoms with Crippen molar-refractivity contribution in [3.8, 4) is 11.1 Å². The van der Waals surface area contributed by atoms with E-state index in [9.17, 15) is 4.79 Å². The highest BCUT2D eigenvalue weighted by atomic mass is 32.1. The third-order valence-electron chi connectivity index (χ3n) is 3.27. The van der Waals surface area contributed by atoms with Crippen molar-refractivity contribution >= 4 is 23.2 Å². The first kappa shape index (κ1) is 12.8. The van der Waals surface area contributed by atoms with E-state index in [1.165, 1.54) is 22.5 Å². The van der Waals surface area contributed by atoms with E-state index >= 15 is 0 Å². The van der Waals surface area contributed by atoms with Crippen LogP contribution in [0.4, 0.5) is 0 Å². The summed E-state index contributed by atoms with van der Waals surface area (Å²) in [6, 6.07) is 10.4. The number of allylic oxidation sites excluding steroid dienone is 6. The number of thiophene rings is 1. The van der Waals surface area contributed by atoms with Gasteiger partial charge in [0.05, 0.1) is 4.88 Å². The standard InChI is InChI=1S/C18H14OS/c19-12-18-11-17(13-20-18)16-9-7-15(8-10-16)14-5-3-1-2-4-6-14/h1,3-13H,2H2. The van der Waals surface area contributed by atoms with Gasteiger partial charge in [-0.3, -0.25) is 4.79 Å². The molecular weight excluding hydrogens is 264 g/mol. The van der Waals surface area contributed by atoms with Gasteiger partial charge in [0.25, 0.3) is 0 Å². The lowest BCUT2D eigenvalue weighted by molar-refractivity contribution is 0.112. The minimum Gasteiger partial charge on any atom is -0.297 e. The maximum absolute atomic E-state index is 10.7. The molecule has 1 aliphatic carbocycles. The Bertz CT molecular complexity index is 699. The monoisotopic (exact) mass is 278 g/mol. The number of benzene rings is 1. The van der Waals surface area contributed by atoms with Gasteiger partial charge in [0.2, 0.25) is 0 Å². The fourth-order valence-electron chi connectivity index (χ4n) is 2.19. The van der Waals surface area contributed by atoms with Gasteiger partial charge in [-0.25, -0.2) is 0 Å². The van der Waals surface area contributed by atoms with Gasteiger partial charge in [-0.05, 0) is 40.1 Å². The fourth-order valence-corrected chi connectivity index (χ4v) is 2.91. The molecule has 0 amide bonds. The van der Waals surface area contributed by atoms with E-state index in [0.29, 0.717) is 0 Å². The number of hydrogen-bond acceptors (Lipinski definition) is 2. The molecule has 1 aromatic carbocycles. The highest BCUT2D eigenvalue weighted by Crippen LogP contribution is 2.27. The van der Waals surface area contributed by atoms with Crippen molar-refractivity contribution in [1.29, 1.82) is 0 Å². The topological polar surface area (TPSA) is 17.1 Å². The molecule has 1 aliphatic rings. The Hall–Kier alpha value is -2.19. The molecule has 0 spiro atoms. The maximum atomic E-state index is 10.7. The number of carbonyl (C=O) groups is 1. The van der Waals surface area contributed by atoms with Crippen LogP contribution in [0.2, 0.25) is 0 Å². The van der Waals surface area contributed by atoms with Crippen molar-refractivity contribution < 1.29 is 4.79 Å². The highest BCUT2D eigenvalue weighted by molar-refractivity contribution is 7.12. The van der Waals surface area contributed by atoms with E-state index in [-0.39, 0.29) is 0 Å². The predicted octanol–water partition coefficient (Wildman–Crippen LogP) is 5.13. The van der Waals surface area contributed by atoms with E-state index in [1.54, 1.807) is 0 Å². The Labute approximate surface area is 122 Å². The van der Waals surface area contributed by atoms with Gasteiger partial charge in [0, 0.05) is 0 Å². The molecule has 0 N–H and O–H groups in total. The van der Waals surface area contributed by atoms with Crippen LogP contribution in [-0.4, -0.2) is 6.29 Å². The summed E-state index contributed by atoms with van der Waals surface area (Å²) in [5.41, 5.74) is 4.69. The first-order chi connectivity index (χ1) is 9.86. The summed E-state index contributed by atoms with van der Waals surface area (Å²) in [4.78, 5) is 11.5. The number of aldehydes is 1. The zero-order chi connectivity index (χ0) is 13.8. The lowest BCUT2D eigenvalue weighted by Gasteiger charge is -2.03. The third-order valence-corrected chi connectivity index (χ3v) is 4.13. The largest absolute Gasteiger partial charge is 0.297 e. The molecule has 1 nitrogen and oxygen atoms in total. The minimum absolute atomic E-state index is 0.767. The van der Waals surface area contributed by atoms with Gasteiger partial charge in [-0.2, -0.15) is 0 Å². The predicted molar refractivity (Wildman–Crippen MR) is 86.0 cm³/mol. The second kappa shape index (κ2) is 5.85. The van der Waals surface area contributed by atoms with Gasteiger partial charge in [-0.15, -0.1) is 11.3 Å². The van der Waals surface area contributed by atoms with Crippen LogP contribution < -0.4 is 0 Å². The molecule has 2 aromatic rings. The molecule has 0 aliphatic heterocycles. The van der Waals surface area contributed by atoms with Gasteiger partial charge < -0.3 is 0 Å². The summed E-state index contributed by atoms with van der Waals surface area (Å²) in [7, 11) is 0. The summed E-state index contributed by atoms with van der Waals surface area (Å²) in [5, 5.41) is 2.02.